The van der Waals surface area contributed by atoms with Gasteiger partial charge in [0.1, 0.15) is 17.6 Å². The molecular formula is C17H25NO2. The highest BCUT2D eigenvalue weighted by Crippen LogP contribution is 2.41. The lowest BCUT2D eigenvalue weighted by Gasteiger charge is -2.38. The van der Waals surface area contributed by atoms with E-state index in [1.807, 2.05) is 18.2 Å². The molecule has 4 atom stereocenters. The second kappa shape index (κ2) is 5.65. The third kappa shape index (κ3) is 2.64. The van der Waals surface area contributed by atoms with E-state index in [1.165, 1.54) is 25.7 Å². The van der Waals surface area contributed by atoms with E-state index < -0.39 is 0 Å². The van der Waals surface area contributed by atoms with Crippen LogP contribution in [0, 0.1) is 11.8 Å². The van der Waals surface area contributed by atoms with E-state index in [9.17, 15) is 0 Å². The van der Waals surface area contributed by atoms with Gasteiger partial charge < -0.3 is 15.2 Å². The van der Waals surface area contributed by atoms with Crippen molar-refractivity contribution >= 4 is 0 Å². The molecule has 1 aliphatic heterocycles. The summed E-state index contributed by atoms with van der Waals surface area (Å²) in [6.45, 7) is 2.35. The maximum atomic E-state index is 6.37. The molecule has 3 heteroatoms. The van der Waals surface area contributed by atoms with E-state index >= 15 is 0 Å². The van der Waals surface area contributed by atoms with Crippen molar-refractivity contribution in [2.24, 2.45) is 17.6 Å². The molecule has 1 aromatic rings. The molecule has 0 aromatic heterocycles. The molecule has 1 saturated carbocycles. The van der Waals surface area contributed by atoms with E-state index in [1.54, 1.807) is 7.11 Å². The van der Waals surface area contributed by atoms with Crippen LogP contribution in [-0.2, 0) is 0 Å². The Morgan fingerprint density at radius 1 is 1.25 bits per heavy atom. The molecule has 2 N–H and O–H groups in total. The summed E-state index contributed by atoms with van der Waals surface area (Å²) in [5.74, 6) is 3.30. The molecule has 0 bridgehead atoms. The Bertz CT molecular complexity index is 474. The van der Waals surface area contributed by atoms with Crippen molar-refractivity contribution in [2.45, 2.75) is 51.2 Å². The molecule has 1 heterocycles. The number of hydrogen-bond donors (Lipinski definition) is 1. The number of benzene rings is 1. The van der Waals surface area contributed by atoms with Gasteiger partial charge >= 0.3 is 0 Å². The lowest BCUT2D eigenvalue weighted by Crippen LogP contribution is -2.37. The third-order valence-electron chi connectivity index (χ3n) is 4.88. The molecule has 0 spiro atoms. The number of fused-ring (bicyclic) bond motifs is 1. The van der Waals surface area contributed by atoms with E-state index in [0.29, 0.717) is 5.92 Å². The Morgan fingerprint density at radius 2 is 2.10 bits per heavy atom. The first-order chi connectivity index (χ1) is 9.67. The van der Waals surface area contributed by atoms with Crippen molar-refractivity contribution in [1.82, 2.24) is 0 Å². The minimum absolute atomic E-state index is 0.0658. The van der Waals surface area contributed by atoms with Gasteiger partial charge in [-0.15, -0.1) is 0 Å². The van der Waals surface area contributed by atoms with Crippen molar-refractivity contribution in [3.05, 3.63) is 23.8 Å². The summed E-state index contributed by atoms with van der Waals surface area (Å²) >= 11 is 0. The van der Waals surface area contributed by atoms with Crippen LogP contribution in [0.2, 0.25) is 0 Å². The summed E-state index contributed by atoms with van der Waals surface area (Å²) in [6, 6.07) is 6.04. The first-order valence-corrected chi connectivity index (χ1v) is 7.77. The van der Waals surface area contributed by atoms with Crippen LogP contribution in [0.5, 0.6) is 11.5 Å². The third-order valence-corrected chi connectivity index (χ3v) is 4.88. The van der Waals surface area contributed by atoms with E-state index in [2.05, 4.69) is 6.92 Å². The minimum atomic E-state index is 0.0658. The lowest BCUT2D eigenvalue weighted by atomic mass is 9.77. The predicted molar refractivity (Wildman–Crippen MR) is 80.1 cm³/mol. The minimum Gasteiger partial charge on any atom is -0.497 e. The van der Waals surface area contributed by atoms with Crippen LogP contribution in [-0.4, -0.2) is 13.2 Å². The Kier molecular flexibility index (Phi) is 3.88. The van der Waals surface area contributed by atoms with Gasteiger partial charge in [-0.1, -0.05) is 19.8 Å². The maximum Gasteiger partial charge on any atom is 0.124 e. The van der Waals surface area contributed by atoms with Gasteiger partial charge in [0.2, 0.25) is 0 Å². The molecule has 0 saturated heterocycles. The van der Waals surface area contributed by atoms with Crippen LogP contribution in [0.3, 0.4) is 0 Å². The maximum absolute atomic E-state index is 6.37. The Labute approximate surface area is 121 Å². The first kappa shape index (κ1) is 13.7. The van der Waals surface area contributed by atoms with Gasteiger partial charge in [-0.2, -0.15) is 0 Å². The van der Waals surface area contributed by atoms with E-state index in [-0.39, 0.29) is 12.1 Å². The van der Waals surface area contributed by atoms with Gasteiger partial charge in [-0.05, 0) is 42.9 Å². The van der Waals surface area contributed by atoms with Crippen LogP contribution in [0.1, 0.15) is 50.6 Å². The summed E-state index contributed by atoms with van der Waals surface area (Å²) < 4.78 is 11.5. The molecule has 3 unspecified atom stereocenters. The topological polar surface area (TPSA) is 44.5 Å². The Morgan fingerprint density at radius 3 is 2.85 bits per heavy atom. The molecule has 3 rings (SSSR count). The molecule has 1 aromatic carbocycles. The number of rotatable bonds is 2. The van der Waals surface area contributed by atoms with Gasteiger partial charge in [0, 0.05) is 18.0 Å². The standard InChI is InChI=1S/C17H25NO2/c1-11-4-3-5-12(8-11)17-10-15(18)14-9-13(19-2)6-7-16(14)20-17/h6-7,9,11-12,15,17H,3-5,8,10,18H2,1-2H3/t11?,12?,15-,17?/m0/s1. The predicted octanol–water partition coefficient (Wildman–Crippen LogP) is 3.67. The normalized spacial score (nSPS) is 33.1. The van der Waals surface area contributed by atoms with Crippen LogP contribution in [0.15, 0.2) is 18.2 Å². The molecule has 0 amide bonds. The molecule has 110 valence electrons. The number of nitrogens with two attached hydrogens (primary N) is 1. The molecule has 20 heavy (non-hydrogen) atoms. The van der Waals surface area contributed by atoms with Crippen LogP contribution in [0.4, 0.5) is 0 Å². The number of ether oxygens (including phenoxy) is 2. The van der Waals surface area contributed by atoms with Crippen LogP contribution >= 0.6 is 0 Å². The summed E-state index contributed by atoms with van der Waals surface area (Å²) in [5.41, 5.74) is 7.45. The lowest BCUT2D eigenvalue weighted by molar-refractivity contribution is 0.0664. The SMILES string of the molecule is COc1ccc2c(c1)[C@@H](N)CC(C1CCCC(C)C1)O2. The Balaban J connectivity index is 1.78. The number of methoxy groups -OCH3 is 1. The zero-order chi connectivity index (χ0) is 14.1. The van der Waals surface area contributed by atoms with Gasteiger partial charge in [0.25, 0.3) is 0 Å². The summed E-state index contributed by atoms with van der Waals surface area (Å²) in [5, 5.41) is 0. The van der Waals surface area contributed by atoms with Gasteiger partial charge in [-0.3, -0.25) is 0 Å². The highest BCUT2D eigenvalue weighted by Gasteiger charge is 2.34. The van der Waals surface area contributed by atoms with Gasteiger partial charge in [0.05, 0.1) is 7.11 Å². The first-order valence-electron chi connectivity index (χ1n) is 7.77. The second-order valence-corrected chi connectivity index (χ2v) is 6.43. The zero-order valence-electron chi connectivity index (χ0n) is 12.5. The van der Waals surface area contributed by atoms with Crippen molar-refractivity contribution in [2.75, 3.05) is 7.11 Å². The summed E-state index contributed by atoms with van der Waals surface area (Å²) in [4.78, 5) is 0. The second-order valence-electron chi connectivity index (χ2n) is 6.43. The van der Waals surface area contributed by atoms with Crippen molar-refractivity contribution < 1.29 is 9.47 Å². The molecule has 0 radical (unpaired) electrons. The molecular weight excluding hydrogens is 250 g/mol. The zero-order valence-corrected chi connectivity index (χ0v) is 12.5. The average Bonchev–Trinajstić information content (AvgIpc) is 2.47. The summed E-state index contributed by atoms with van der Waals surface area (Å²) in [7, 11) is 1.68. The van der Waals surface area contributed by atoms with Crippen LogP contribution in [0.25, 0.3) is 0 Å². The van der Waals surface area contributed by atoms with Gasteiger partial charge in [0.15, 0.2) is 0 Å². The van der Waals surface area contributed by atoms with Crippen LogP contribution < -0.4 is 15.2 Å². The fourth-order valence-corrected chi connectivity index (χ4v) is 3.75. The molecule has 3 nitrogen and oxygen atoms in total. The smallest absolute Gasteiger partial charge is 0.124 e. The fraction of sp³-hybridized carbons (Fsp3) is 0.647. The monoisotopic (exact) mass is 275 g/mol. The molecule has 1 fully saturated rings. The van der Waals surface area contributed by atoms with E-state index in [0.717, 1.165) is 29.4 Å². The van der Waals surface area contributed by atoms with Gasteiger partial charge in [-0.25, -0.2) is 0 Å². The fourth-order valence-electron chi connectivity index (χ4n) is 3.75. The average molecular weight is 275 g/mol. The number of hydrogen-bond acceptors (Lipinski definition) is 3. The van der Waals surface area contributed by atoms with E-state index in [4.69, 9.17) is 15.2 Å². The quantitative estimate of drug-likeness (QED) is 0.895. The largest absolute Gasteiger partial charge is 0.497 e. The summed E-state index contributed by atoms with van der Waals surface area (Å²) in [6.07, 6.45) is 6.47. The van der Waals surface area contributed by atoms with Crippen molar-refractivity contribution in [1.29, 1.82) is 0 Å². The highest BCUT2D eigenvalue weighted by molar-refractivity contribution is 5.43. The molecule has 2 aliphatic rings. The Hall–Kier alpha value is -1.22. The van der Waals surface area contributed by atoms with Crippen molar-refractivity contribution in [3.63, 3.8) is 0 Å². The molecule has 1 aliphatic carbocycles. The van der Waals surface area contributed by atoms with Crippen molar-refractivity contribution in [3.8, 4) is 11.5 Å². The highest BCUT2D eigenvalue weighted by atomic mass is 16.5.